The average molecular weight is 386 g/mol. The zero-order chi connectivity index (χ0) is 19.5. The third-order valence-electron chi connectivity index (χ3n) is 5.06. The maximum Gasteiger partial charge on any atom is 0.246 e. The van der Waals surface area contributed by atoms with Gasteiger partial charge in [-0.15, -0.1) is 0 Å². The Balaban J connectivity index is 2.09. The van der Waals surface area contributed by atoms with E-state index in [1.165, 1.54) is 4.31 Å². The fourth-order valence-electron chi connectivity index (χ4n) is 3.47. The van der Waals surface area contributed by atoms with Gasteiger partial charge in [-0.25, -0.2) is 8.42 Å². The molecular weight excluding hydrogens is 354 g/mol. The molecule has 2 heterocycles. The van der Waals surface area contributed by atoms with Crippen molar-refractivity contribution >= 4 is 15.9 Å². The fraction of sp³-hybridized carbons (Fsp3) is 0.765. The van der Waals surface area contributed by atoms with Crippen LogP contribution < -0.4 is 0 Å². The van der Waals surface area contributed by atoms with E-state index >= 15 is 0 Å². The van der Waals surface area contributed by atoms with E-state index in [1.807, 2.05) is 18.7 Å². The van der Waals surface area contributed by atoms with Crippen LogP contribution in [0.1, 0.15) is 31.7 Å². The molecule has 148 valence electrons. The molecule has 0 N–H and O–H groups in total. The normalized spacial score (nSPS) is 17.3. The second kappa shape index (κ2) is 8.49. The predicted molar refractivity (Wildman–Crippen MR) is 100 cm³/mol. The number of aryl methyl sites for hydroxylation is 2. The molecule has 1 amide bonds. The number of hydrogen-bond acceptors (Lipinski definition) is 5. The number of aromatic nitrogens is 2. The molecule has 0 atom stereocenters. The summed E-state index contributed by atoms with van der Waals surface area (Å²) >= 11 is 0. The number of rotatable bonds is 6. The lowest BCUT2D eigenvalue weighted by Crippen LogP contribution is -2.42. The van der Waals surface area contributed by atoms with Crippen LogP contribution >= 0.6 is 0 Å². The molecule has 0 radical (unpaired) electrons. The van der Waals surface area contributed by atoms with Gasteiger partial charge in [0, 0.05) is 39.8 Å². The van der Waals surface area contributed by atoms with Crippen LogP contribution in [0.15, 0.2) is 4.90 Å². The van der Waals surface area contributed by atoms with Gasteiger partial charge in [-0.3, -0.25) is 14.4 Å². The van der Waals surface area contributed by atoms with E-state index in [0.717, 1.165) is 6.54 Å². The summed E-state index contributed by atoms with van der Waals surface area (Å²) in [6.45, 7) is 11.3. The molecule has 1 aliphatic rings. The molecule has 2 rings (SSSR count). The summed E-state index contributed by atoms with van der Waals surface area (Å²) in [7, 11) is -1.82. The maximum absolute atomic E-state index is 13.1. The van der Waals surface area contributed by atoms with Crippen LogP contribution in [0.5, 0.6) is 0 Å². The molecule has 8 nitrogen and oxygen atoms in total. The molecule has 1 fully saturated rings. The van der Waals surface area contributed by atoms with Crippen LogP contribution in [0.25, 0.3) is 0 Å². The lowest BCUT2D eigenvalue weighted by atomic mass is 10.3. The van der Waals surface area contributed by atoms with Crippen molar-refractivity contribution in [3.8, 4) is 0 Å². The minimum atomic E-state index is -3.58. The van der Waals surface area contributed by atoms with Crippen LogP contribution in [0.2, 0.25) is 0 Å². The number of carbonyl (C=O) groups excluding carboxylic acids is 1. The highest BCUT2D eigenvalue weighted by molar-refractivity contribution is 7.89. The number of hydrogen-bond donors (Lipinski definition) is 0. The van der Waals surface area contributed by atoms with Gasteiger partial charge in [-0.1, -0.05) is 0 Å². The number of carbonyl (C=O) groups is 1. The van der Waals surface area contributed by atoms with E-state index in [0.29, 0.717) is 62.0 Å². The molecule has 0 aliphatic carbocycles. The molecule has 1 saturated heterocycles. The van der Waals surface area contributed by atoms with Crippen molar-refractivity contribution in [2.45, 2.75) is 39.0 Å². The lowest BCUT2D eigenvalue weighted by molar-refractivity contribution is -0.132. The quantitative estimate of drug-likeness (QED) is 0.717. The second-order valence-electron chi connectivity index (χ2n) is 6.72. The number of likely N-dealkylation sites (N-methyl/N-ethyl adjacent to an activating group) is 1. The summed E-state index contributed by atoms with van der Waals surface area (Å²) in [4.78, 5) is 16.5. The minimum Gasteiger partial charge on any atom is -0.342 e. The highest BCUT2D eigenvalue weighted by Crippen LogP contribution is 2.24. The SMILES string of the molecule is CCN(CC)C(=O)CN1CCCN(S(=O)(=O)c2c(C)nn(C)c2C)CC1. The molecule has 0 bridgehead atoms. The first-order valence-electron chi connectivity index (χ1n) is 9.22. The third kappa shape index (κ3) is 4.27. The topological polar surface area (TPSA) is 78.8 Å². The number of nitrogens with zero attached hydrogens (tertiary/aromatic N) is 5. The average Bonchev–Trinajstić information content (AvgIpc) is 2.75. The Bertz CT molecular complexity index is 740. The van der Waals surface area contributed by atoms with Gasteiger partial charge in [0.1, 0.15) is 4.90 Å². The molecule has 0 unspecified atom stereocenters. The lowest BCUT2D eigenvalue weighted by Gasteiger charge is -2.25. The zero-order valence-electron chi connectivity index (χ0n) is 16.5. The van der Waals surface area contributed by atoms with Crippen molar-refractivity contribution in [1.29, 1.82) is 0 Å². The van der Waals surface area contributed by atoms with Crippen molar-refractivity contribution in [2.75, 3.05) is 45.8 Å². The Hall–Kier alpha value is -1.45. The largest absolute Gasteiger partial charge is 0.342 e. The molecule has 1 aromatic heterocycles. The summed E-state index contributed by atoms with van der Waals surface area (Å²) in [6.07, 6.45) is 0.711. The van der Waals surface area contributed by atoms with Crippen LogP contribution in [-0.4, -0.2) is 84.0 Å². The Morgan fingerprint density at radius 3 is 2.31 bits per heavy atom. The van der Waals surface area contributed by atoms with E-state index in [-0.39, 0.29) is 5.91 Å². The van der Waals surface area contributed by atoms with Crippen LogP contribution in [0.3, 0.4) is 0 Å². The van der Waals surface area contributed by atoms with Gasteiger partial charge in [0.25, 0.3) is 0 Å². The van der Waals surface area contributed by atoms with Gasteiger partial charge in [-0.05, 0) is 40.7 Å². The first kappa shape index (κ1) is 20.9. The van der Waals surface area contributed by atoms with Crippen molar-refractivity contribution < 1.29 is 13.2 Å². The van der Waals surface area contributed by atoms with E-state index in [9.17, 15) is 13.2 Å². The Morgan fingerprint density at radius 1 is 1.12 bits per heavy atom. The van der Waals surface area contributed by atoms with E-state index in [4.69, 9.17) is 0 Å². The predicted octanol–water partition coefficient (Wildman–Crippen LogP) is 0.602. The van der Waals surface area contributed by atoms with Crippen LogP contribution in [-0.2, 0) is 21.9 Å². The standard InChI is InChI=1S/C17H31N5O3S/c1-6-21(7-2)16(23)13-20-9-8-10-22(12-11-20)26(24,25)17-14(3)18-19(5)15(17)4/h6-13H2,1-5H3. The van der Waals surface area contributed by atoms with Crippen molar-refractivity contribution in [3.05, 3.63) is 11.4 Å². The van der Waals surface area contributed by atoms with Gasteiger partial charge >= 0.3 is 0 Å². The first-order chi connectivity index (χ1) is 12.2. The van der Waals surface area contributed by atoms with E-state index in [1.54, 1.807) is 25.6 Å². The maximum atomic E-state index is 13.1. The van der Waals surface area contributed by atoms with Gasteiger partial charge in [0.15, 0.2) is 0 Å². The van der Waals surface area contributed by atoms with Crippen LogP contribution in [0, 0.1) is 13.8 Å². The smallest absolute Gasteiger partial charge is 0.246 e. The zero-order valence-corrected chi connectivity index (χ0v) is 17.3. The molecule has 26 heavy (non-hydrogen) atoms. The van der Waals surface area contributed by atoms with Gasteiger partial charge < -0.3 is 4.90 Å². The van der Waals surface area contributed by atoms with Gasteiger partial charge in [-0.2, -0.15) is 9.40 Å². The summed E-state index contributed by atoms with van der Waals surface area (Å²) in [5, 5.41) is 4.24. The summed E-state index contributed by atoms with van der Waals surface area (Å²) in [6, 6.07) is 0. The molecular formula is C17H31N5O3S. The number of amides is 1. The van der Waals surface area contributed by atoms with E-state index < -0.39 is 10.0 Å². The summed E-state index contributed by atoms with van der Waals surface area (Å²) in [5.41, 5.74) is 1.18. The van der Waals surface area contributed by atoms with Crippen molar-refractivity contribution in [3.63, 3.8) is 0 Å². The molecule has 0 saturated carbocycles. The van der Waals surface area contributed by atoms with E-state index in [2.05, 4.69) is 10.00 Å². The van der Waals surface area contributed by atoms with Gasteiger partial charge in [0.05, 0.1) is 17.9 Å². The first-order valence-corrected chi connectivity index (χ1v) is 10.7. The molecule has 0 aromatic carbocycles. The molecule has 1 aromatic rings. The highest BCUT2D eigenvalue weighted by atomic mass is 32.2. The Kier molecular flexibility index (Phi) is 6.81. The minimum absolute atomic E-state index is 0.102. The van der Waals surface area contributed by atoms with Crippen molar-refractivity contribution in [2.24, 2.45) is 7.05 Å². The summed E-state index contributed by atoms with van der Waals surface area (Å²) < 4.78 is 29.3. The Morgan fingerprint density at radius 2 is 1.77 bits per heavy atom. The van der Waals surface area contributed by atoms with Crippen LogP contribution in [0.4, 0.5) is 0 Å². The van der Waals surface area contributed by atoms with Crippen molar-refractivity contribution in [1.82, 2.24) is 23.9 Å². The molecule has 9 heteroatoms. The molecule has 1 aliphatic heterocycles. The second-order valence-corrected chi connectivity index (χ2v) is 8.60. The monoisotopic (exact) mass is 385 g/mol. The van der Waals surface area contributed by atoms with Gasteiger partial charge in [0.2, 0.25) is 15.9 Å². The fourth-order valence-corrected chi connectivity index (χ4v) is 5.34. The number of sulfonamides is 1. The third-order valence-corrected chi connectivity index (χ3v) is 7.21. The summed E-state index contributed by atoms with van der Waals surface area (Å²) in [5.74, 6) is 0.102. The molecule has 0 spiro atoms. The Labute approximate surface area is 156 Å². The highest BCUT2D eigenvalue weighted by Gasteiger charge is 2.32.